The maximum atomic E-state index is 12.3. The van der Waals surface area contributed by atoms with Crippen LogP contribution in [0.3, 0.4) is 0 Å². The molecule has 0 spiro atoms. The standard InChI is InChI=1S/C15H17N3O2/c19-15(13-6-14-11(7-16-13)2-4-20-14)17-12-5-10-1-3-18(8-10)9-12/h2,4,6-7,10,12H,1,3,5,8-9H2,(H,17,19). The van der Waals surface area contributed by atoms with Crippen LogP contribution in [-0.2, 0) is 0 Å². The average molecular weight is 271 g/mol. The highest BCUT2D eigenvalue weighted by molar-refractivity contribution is 5.95. The van der Waals surface area contributed by atoms with E-state index >= 15 is 0 Å². The number of furan rings is 1. The summed E-state index contributed by atoms with van der Waals surface area (Å²) in [6.07, 6.45) is 5.65. The van der Waals surface area contributed by atoms with Crippen LogP contribution < -0.4 is 5.32 Å². The van der Waals surface area contributed by atoms with E-state index in [-0.39, 0.29) is 11.9 Å². The lowest BCUT2D eigenvalue weighted by molar-refractivity contribution is 0.0904. The maximum absolute atomic E-state index is 12.3. The van der Waals surface area contributed by atoms with Gasteiger partial charge in [-0.1, -0.05) is 0 Å². The van der Waals surface area contributed by atoms with E-state index in [0.717, 1.165) is 24.3 Å². The van der Waals surface area contributed by atoms with Crippen LogP contribution in [0.4, 0.5) is 0 Å². The van der Waals surface area contributed by atoms with Crippen LogP contribution in [0.25, 0.3) is 11.0 Å². The van der Waals surface area contributed by atoms with Crippen molar-refractivity contribution in [1.29, 1.82) is 0 Å². The zero-order valence-corrected chi connectivity index (χ0v) is 11.2. The summed E-state index contributed by atoms with van der Waals surface area (Å²) < 4.78 is 5.31. The molecule has 2 bridgehead atoms. The zero-order valence-electron chi connectivity index (χ0n) is 11.2. The van der Waals surface area contributed by atoms with Crippen molar-refractivity contribution < 1.29 is 9.21 Å². The van der Waals surface area contributed by atoms with Gasteiger partial charge in [0.25, 0.3) is 5.91 Å². The number of hydrogen-bond acceptors (Lipinski definition) is 4. The lowest BCUT2D eigenvalue weighted by atomic mass is 9.97. The molecule has 2 aromatic heterocycles. The summed E-state index contributed by atoms with van der Waals surface area (Å²) >= 11 is 0. The van der Waals surface area contributed by atoms with Gasteiger partial charge in [-0.15, -0.1) is 0 Å². The fraction of sp³-hybridized carbons (Fsp3) is 0.467. The van der Waals surface area contributed by atoms with Gasteiger partial charge in [-0.25, -0.2) is 0 Å². The summed E-state index contributed by atoms with van der Waals surface area (Å²) in [4.78, 5) is 18.9. The van der Waals surface area contributed by atoms with Crippen LogP contribution in [0.15, 0.2) is 29.0 Å². The van der Waals surface area contributed by atoms with Crippen molar-refractivity contribution in [3.63, 3.8) is 0 Å². The van der Waals surface area contributed by atoms with Gasteiger partial charge in [-0.3, -0.25) is 9.78 Å². The molecule has 3 atom stereocenters. The van der Waals surface area contributed by atoms with Crippen LogP contribution in [0.5, 0.6) is 0 Å². The van der Waals surface area contributed by atoms with Crippen LogP contribution in [-0.4, -0.2) is 41.5 Å². The third kappa shape index (κ3) is 2.08. The summed E-state index contributed by atoms with van der Waals surface area (Å²) in [7, 11) is 0. The van der Waals surface area contributed by atoms with Gasteiger partial charge in [0, 0.05) is 36.8 Å². The molecule has 104 valence electrons. The minimum atomic E-state index is -0.101. The Morgan fingerprint density at radius 1 is 1.45 bits per heavy atom. The number of rotatable bonds is 2. The first-order valence-electron chi connectivity index (χ1n) is 7.14. The number of aromatic nitrogens is 1. The molecule has 20 heavy (non-hydrogen) atoms. The molecule has 2 aromatic rings. The highest BCUT2D eigenvalue weighted by Crippen LogP contribution is 2.26. The molecule has 1 N–H and O–H groups in total. The lowest BCUT2D eigenvalue weighted by Gasteiger charge is -2.30. The van der Waals surface area contributed by atoms with Gasteiger partial charge >= 0.3 is 0 Å². The van der Waals surface area contributed by atoms with E-state index in [1.165, 1.54) is 19.5 Å². The van der Waals surface area contributed by atoms with Crippen molar-refractivity contribution >= 4 is 16.9 Å². The number of hydrogen-bond donors (Lipinski definition) is 1. The fourth-order valence-corrected chi connectivity index (χ4v) is 3.40. The van der Waals surface area contributed by atoms with E-state index in [1.54, 1.807) is 18.5 Å². The van der Waals surface area contributed by atoms with E-state index in [1.807, 2.05) is 6.07 Å². The number of amides is 1. The van der Waals surface area contributed by atoms with E-state index in [0.29, 0.717) is 11.3 Å². The Balaban J connectivity index is 1.49. The highest BCUT2D eigenvalue weighted by atomic mass is 16.3. The van der Waals surface area contributed by atoms with Gasteiger partial charge in [0.1, 0.15) is 11.3 Å². The molecule has 0 aliphatic carbocycles. The second kappa shape index (κ2) is 4.59. The largest absolute Gasteiger partial charge is 0.464 e. The maximum Gasteiger partial charge on any atom is 0.270 e. The topological polar surface area (TPSA) is 58.4 Å². The first kappa shape index (κ1) is 11.9. The quantitative estimate of drug-likeness (QED) is 0.902. The number of carbonyl (C=O) groups excluding carboxylic acids is 1. The molecular weight excluding hydrogens is 254 g/mol. The van der Waals surface area contributed by atoms with Crippen LogP contribution >= 0.6 is 0 Å². The second-order valence-electron chi connectivity index (χ2n) is 5.85. The Morgan fingerprint density at radius 2 is 2.40 bits per heavy atom. The van der Waals surface area contributed by atoms with Crippen LogP contribution in [0.1, 0.15) is 23.3 Å². The van der Waals surface area contributed by atoms with Gasteiger partial charge in [-0.05, 0) is 31.4 Å². The molecule has 3 unspecified atom stereocenters. The lowest BCUT2D eigenvalue weighted by Crippen LogP contribution is -2.47. The van der Waals surface area contributed by atoms with Crippen molar-refractivity contribution in [1.82, 2.24) is 15.2 Å². The van der Waals surface area contributed by atoms with Gasteiger partial charge < -0.3 is 14.6 Å². The minimum Gasteiger partial charge on any atom is -0.464 e. The summed E-state index contributed by atoms with van der Waals surface area (Å²) in [6.45, 7) is 3.34. The molecule has 0 radical (unpaired) electrons. The number of carbonyl (C=O) groups is 1. The summed E-state index contributed by atoms with van der Waals surface area (Å²) in [5.74, 6) is 0.644. The number of nitrogens with one attached hydrogen (secondary N) is 1. The van der Waals surface area contributed by atoms with Crippen molar-refractivity contribution in [2.75, 3.05) is 19.6 Å². The molecule has 4 rings (SSSR count). The molecule has 2 aliphatic rings. The molecule has 5 heteroatoms. The summed E-state index contributed by atoms with van der Waals surface area (Å²) in [5.41, 5.74) is 1.14. The van der Waals surface area contributed by atoms with E-state index in [2.05, 4.69) is 15.2 Å². The zero-order chi connectivity index (χ0) is 13.5. The molecule has 2 aliphatic heterocycles. The number of pyridine rings is 1. The summed E-state index contributed by atoms with van der Waals surface area (Å²) in [5, 5.41) is 4.03. The first-order chi connectivity index (χ1) is 9.78. The minimum absolute atomic E-state index is 0.101. The highest BCUT2D eigenvalue weighted by Gasteiger charge is 2.33. The molecule has 2 fully saturated rings. The monoisotopic (exact) mass is 271 g/mol. The molecule has 4 heterocycles. The molecule has 2 saturated heterocycles. The van der Waals surface area contributed by atoms with Crippen molar-refractivity contribution in [2.24, 2.45) is 5.92 Å². The van der Waals surface area contributed by atoms with E-state index < -0.39 is 0 Å². The Bertz CT molecular complexity index is 639. The Morgan fingerprint density at radius 3 is 3.30 bits per heavy atom. The fourth-order valence-electron chi connectivity index (χ4n) is 3.40. The van der Waals surface area contributed by atoms with Crippen LogP contribution in [0, 0.1) is 5.92 Å². The smallest absolute Gasteiger partial charge is 0.270 e. The van der Waals surface area contributed by atoms with Crippen molar-refractivity contribution in [2.45, 2.75) is 18.9 Å². The predicted molar refractivity (Wildman–Crippen MR) is 74.4 cm³/mol. The number of fused-ring (bicyclic) bond motifs is 3. The molecular formula is C15H17N3O2. The summed E-state index contributed by atoms with van der Waals surface area (Å²) in [6, 6.07) is 3.80. The Hall–Kier alpha value is -1.88. The molecule has 0 aromatic carbocycles. The predicted octanol–water partition coefficient (Wildman–Crippen LogP) is 1.65. The average Bonchev–Trinajstić information content (AvgIpc) is 3.04. The van der Waals surface area contributed by atoms with Gasteiger partial charge in [0.15, 0.2) is 0 Å². The number of nitrogens with zero attached hydrogens (tertiary/aromatic N) is 2. The Labute approximate surface area is 117 Å². The Kier molecular flexibility index (Phi) is 2.73. The molecule has 1 amide bonds. The molecule has 5 nitrogen and oxygen atoms in total. The molecule has 0 saturated carbocycles. The number of piperidine rings is 1. The van der Waals surface area contributed by atoms with Gasteiger partial charge in [0.05, 0.1) is 6.26 Å². The third-order valence-electron chi connectivity index (χ3n) is 4.37. The van der Waals surface area contributed by atoms with E-state index in [9.17, 15) is 4.79 Å². The van der Waals surface area contributed by atoms with Crippen molar-refractivity contribution in [3.8, 4) is 0 Å². The third-order valence-corrected chi connectivity index (χ3v) is 4.37. The first-order valence-corrected chi connectivity index (χ1v) is 7.14. The SMILES string of the molecule is O=C(NC1CC2CCN(C2)C1)c1cc2occc2cn1. The van der Waals surface area contributed by atoms with Gasteiger partial charge in [-0.2, -0.15) is 0 Å². The van der Waals surface area contributed by atoms with Crippen LogP contribution in [0.2, 0.25) is 0 Å². The normalized spacial score (nSPS) is 28.7. The van der Waals surface area contributed by atoms with Crippen molar-refractivity contribution in [3.05, 3.63) is 30.3 Å². The van der Waals surface area contributed by atoms with Gasteiger partial charge in [0.2, 0.25) is 0 Å². The second-order valence-corrected chi connectivity index (χ2v) is 5.85. The van der Waals surface area contributed by atoms with E-state index in [4.69, 9.17) is 4.42 Å².